The predicted octanol–water partition coefficient (Wildman–Crippen LogP) is 4.36. The highest BCUT2D eigenvalue weighted by Gasteiger charge is 2.31. The number of benzene rings is 1. The van der Waals surface area contributed by atoms with Crippen LogP contribution in [-0.4, -0.2) is 13.1 Å². The molecule has 1 aromatic rings. The monoisotopic (exact) mass is 322 g/mol. The molecule has 2 unspecified atom stereocenters. The van der Waals surface area contributed by atoms with Crippen LogP contribution in [0.4, 0.5) is 11.4 Å². The van der Waals surface area contributed by atoms with Crippen molar-refractivity contribution in [2.24, 2.45) is 11.8 Å². The van der Waals surface area contributed by atoms with Crippen molar-refractivity contribution in [1.29, 1.82) is 0 Å². The zero-order valence-corrected chi connectivity index (χ0v) is 13.2. The first-order chi connectivity index (χ1) is 9.15. The molecular formula is C16H23BrN2. The molecule has 19 heavy (non-hydrogen) atoms. The van der Waals surface area contributed by atoms with Gasteiger partial charge < -0.3 is 10.6 Å². The summed E-state index contributed by atoms with van der Waals surface area (Å²) in [5.74, 6) is 1.89. The van der Waals surface area contributed by atoms with Crippen LogP contribution >= 0.6 is 15.9 Å². The average Bonchev–Trinajstić information content (AvgIpc) is 2.42. The first-order valence-corrected chi connectivity index (χ1v) is 8.25. The number of aryl methyl sites for hydroxylation is 1. The van der Waals surface area contributed by atoms with Gasteiger partial charge >= 0.3 is 0 Å². The second-order valence-electron chi connectivity index (χ2n) is 6.20. The molecule has 2 atom stereocenters. The van der Waals surface area contributed by atoms with E-state index in [0.717, 1.165) is 22.0 Å². The fourth-order valence-electron chi connectivity index (χ4n) is 3.74. The number of hydrogen-bond acceptors (Lipinski definition) is 2. The van der Waals surface area contributed by atoms with Crippen molar-refractivity contribution in [3.05, 3.63) is 22.2 Å². The minimum Gasteiger partial charge on any atom is -0.398 e. The normalized spacial score (nSPS) is 27.2. The first-order valence-electron chi connectivity index (χ1n) is 7.45. The van der Waals surface area contributed by atoms with Crippen LogP contribution in [0.1, 0.15) is 37.7 Å². The number of halogens is 1. The summed E-state index contributed by atoms with van der Waals surface area (Å²) in [6, 6.07) is 4.29. The maximum atomic E-state index is 5.98. The van der Waals surface area contributed by atoms with E-state index >= 15 is 0 Å². The van der Waals surface area contributed by atoms with E-state index in [1.54, 1.807) is 0 Å². The molecule has 2 nitrogen and oxygen atoms in total. The van der Waals surface area contributed by atoms with Gasteiger partial charge in [0.15, 0.2) is 0 Å². The molecule has 1 aliphatic heterocycles. The van der Waals surface area contributed by atoms with Crippen molar-refractivity contribution in [2.75, 3.05) is 23.7 Å². The smallest absolute Gasteiger partial charge is 0.0514 e. The number of nitrogens with zero attached hydrogens (tertiary/aromatic N) is 1. The Morgan fingerprint density at radius 2 is 1.89 bits per heavy atom. The number of hydrogen-bond donors (Lipinski definition) is 1. The Balaban J connectivity index is 1.81. The van der Waals surface area contributed by atoms with E-state index in [1.807, 2.05) is 0 Å². The predicted molar refractivity (Wildman–Crippen MR) is 85.6 cm³/mol. The van der Waals surface area contributed by atoms with Crippen LogP contribution in [0.3, 0.4) is 0 Å². The van der Waals surface area contributed by atoms with Crippen molar-refractivity contribution < 1.29 is 0 Å². The summed E-state index contributed by atoms with van der Waals surface area (Å²) in [5, 5.41) is 0. The van der Waals surface area contributed by atoms with Gasteiger partial charge in [0.2, 0.25) is 0 Å². The minimum absolute atomic E-state index is 0.878. The van der Waals surface area contributed by atoms with Gasteiger partial charge in [-0.1, -0.05) is 19.3 Å². The molecule has 2 N–H and O–H groups in total. The van der Waals surface area contributed by atoms with E-state index in [2.05, 4.69) is 39.9 Å². The van der Waals surface area contributed by atoms with Crippen LogP contribution in [0.2, 0.25) is 0 Å². The van der Waals surface area contributed by atoms with Gasteiger partial charge in [-0.25, -0.2) is 0 Å². The highest BCUT2D eigenvalue weighted by molar-refractivity contribution is 9.10. The van der Waals surface area contributed by atoms with Crippen LogP contribution in [0.15, 0.2) is 16.6 Å². The lowest BCUT2D eigenvalue weighted by atomic mass is 9.75. The zero-order valence-electron chi connectivity index (χ0n) is 11.7. The molecule has 1 aliphatic carbocycles. The van der Waals surface area contributed by atoms with Gasteiger partial charge in [0, 0.05) is 23.2 Å². The van der Waals surface area contributed by atoms with Crippen molar-refractivity contribution >= 4 is 27.3 Å². The van der Waals surface area contributed by atoms with Crippen LogP contribution in [0.25, 0.3) is 0 Å². The molecule has 1 saturated heterocycles. The van der Waals surface area contributed by atoms with E-state index in [-0.39, 0.29) is 0 Å². The van der Waals surface area contributed by atoms with Crippen molar-refractivity contribution in [3.8, 4) is 0 Å². The van der Waals surface area contributed by atoms with Crippen molar-refractivity contribution in [2.45, 2.75) is 39.0 Å². The summed E-state index contributed by atoms with van der Waals surface area (Å²) in [7, 11) is 0. The Hall–Kier alpha value is -0.700. The Morgan fingerprint density at radius 1 is 1.16 bits per heavy atom. The standard InChI is InChI=1S/C16H23BrN2/c1-11-8-16(14(17)9-15(11)18)19-7-6-12-4-2-3-5-13(12)10-19/h8-9,12-13H,2-7,10,18H2,1H3. The molecule has 2 aliphatic rings. The molecule has 0 aromatic heterocycles. The molecule has 0 radical (unpaired) electrons. The highest BCUT2D eigenvalue weighted by Crippen LogP contribution is 2.39. The van der Waals surface area contributed by atoms with Gasteiger partial charge in [0.05, 0.1) is 5.69 Å². The van der Waals surface area contributed by atoms with Crippen LogP contribution in [-0.2, 0) is 0 Å². The molecule has 1 aromatic carbocycles. The number of nitrogens with two attached hydrogens (primary N) is 1. The maximum Gasteiger partial charge on any atom is 0.0514 e. The lowest BCUT2D eigenvalue weighted by Gasteiger charge is -2.42. The lowest BCUT2D eigenvalue weighted by molar-refractivity contribution is 0.202. The fraction of sp³-hybridized carbons (Fsp3) is 0.625. The molecule has 3 heteroatoms. The summed E-state index contributed by atoms with van der Waals surface area (Å²) < 4.78 is 1.14. The zero-order chi connectivity index (χ0) is 13.4. The number of fused-ring (bicyclic) bond motifs is 1. The number of anilines is 2. The van der Waals surface area contributed by atoms with Crippen molar-refractivity contribution in [3.63, 3.8) is 0 Å². The SMILES string of the molecule is Cc1cc(N2CCC3CCCCC3C2)c(Br)cc1N. The Morgan fingerprint density at radius 3 is 2.68 bits per heavy atom. The van der Waals surface area contributed by atoms with Gasteiger partial charge in [0.25, 0.3) is 0 Å². The molecule has 3 rings (SSSR count). The third-order valence-corrected chi connectivity index (χ3v) is 5.60. The summed E-state index contributed by atoms with van der Waals surface area (Å²) in [6.07, 6.45) is 7.12. The lowest BCUT2D eigenvalue weighted by Crippen LogP contribution is -2.42. The topological polar surface area (TPSA) is 29.3 Å². The van der Waals surface area contributed by atoms with E-state index in [9.17, 15) is 0 Å². The summed E-state index contributed by atoms with van der Waals surface area (Å²) >= 11 is 3.68. The minimum atomic E-state index is 0.878. The van der Waals surface area contributed by atoms with Gasteiger partial charge in [-0.15, -0.1) is 0 Å². The number of piperidine rings is 1. The molecule has 2 fully saturated rings. The average molecular weight is 323 g/mol. The van der Waals surface area contributed by atoms with Crippen LogP contribution in [0.5, 0.6) is 0 Å². The Bertz CT molecular complexity index is 472. The Kier molecular flexibility index (Phi) is 3.75. The largest absolute Gasteiger partial charge is 0.398 e. The van der Waals surface area contributed by atoms with E-state index < -0.39 is 0 Å². The molecule has 1 saturated carbocycles. The molecule has 0 spiro atoms. The summed E-state index contributed by atoms with van der Waals surface area (Å²) in [5.41, 5.74) is 9.37. The molecule has 1 heterocycles. The van der Waals surface area contributed by atoms with E-state index in [0.29, 0.717) is 0 Å². The fourth-order valence-corrected chi connectivity index (χ4v) is 4.36. The van der Waals surface area contributed by atoms with Crippen molar-refractivity contribution in [1.82, 2.24) is 0 Å². The van der Waals surface area contributed by atoms with Gasteiger partial charge in [-0.05, 0) is 65.2 Å². The van der Waals surface area contributed by atoms with E-state index in [1.165, 1.54) is 56.4 Å². The third-order valence-electron chi connectivity index (χ3n) is 4.97. The Labute approximate surface area is 124 Å². The maximum absolute atomic E-state index is 5.98. The molecular weight excluding hydrogens is 300 g/mol. The molecule has 104 valence electrons. The molecule has 0 bridgehead atoms. The summed E-state index contributed by atoms with van der Waals surface area (Å²) in [4.78, 5) is 2.56. The number of rotatable bonds is 1. The summed E-state index contributed by atoms with van der Waals surface area (Å²) in [6.45, 7) is 4.52. The number of nitrogen functional groups attached to an aromatic ring is 1. The van der Waals surface area contributed by atoms with E-state index in [4.69, 9.17) is 5.73 Å². The van der Waals surface area contributed by atoms with Gasteiger partial charge in [-0.2, -0.15) is 0 Å². The highest BCUT2D eigenvalue weighted by atomic mass is 79.9. The van der Waals surface area contributed by atoms with Crippen LogP contribution < -0.4 is 10.6 Å². The quantitative estimate of drug-likeness (QED) is 0.778. The second-order valence-corrected chi connectivity index (χ2v) is 7.05. The van der Waals surface area contributed by atoms with Gasteiger partial charge in [0.1, 0.15) is 0 Å². The third kappa shape index (κ3) is 2.62. The second kappa shape index (κ2) is 5.35. The van der Waals surface area contributed by atoms with Gasteiger partial charge in [-0.3, -0.25) is 0 Å². The van der Waals surface area contributed by atoms with Crippen LogP contribution in [0, 0.1) is 18.8 Å². The molecule has 0 amide bonds. The first kappa shape index (κ1) is 13.3.